The van der Waals surface area contributed by atoms with Crippen LogP contribution in [0.2, 0.25) is 0 Å². The average molecular weight is 242 g/mol. The maximum absolute atomic E-state index is 2.50. The Labute approximate surface area is 112 Å². The molecule has 0 heterocycles. The highest BCUT2D eigenvalue weighted by Gasteiger charge is 2.46. The van der Waals surface area contributed by atoms with E-state index >= 15 is 0 Å². The zero-order chi connectivity index (χ0) is 12.0. The van der Waals surface area contributed by atoms with E-state index in [1.54, 1.807) is 19.3 Å². The molecule has 3 saturated carbocycles. The molecule has 0 amide bonds. The molecule has 0 aliphatic heterocycles. The lowest BCUT2D eigenvalue weighted by atomic mass is 9.54. The van der Waals surface area contributed by atoms with E-state index in [0.717, 1.165) is 23.7 Å². The van der Waals surface area contributed by atoms with E-state index < -0.39 is 0 Å². The topological polar surface area (TPSA) is 0 Å². The second kappa shape index (κ2) is 4.25. The van der Waals surface area contributed by atoms with Crippen molar-refractivity contribution in [1.29, 1.82) is 0 Å². The molecule has 0 nitrogen and oxygen atoms in total. The summed E-state index contributed by atoms with van der Waals surface area (Å²) >= 11 is 0. The smallest absolute Gasteiger partial charge is 0.00700 e. The average Bonchev–Trinajstić information content (AvgIpc) is 2.86. The molecule has 3 fully saturated rings. The van der Waals surface area contributed by atoms with E-state index in [1.807, 2.05) is 0 Å². The molecule has 4 aliphatic rings. The standard InChI is InChI=1S/C18H26/c1-2-6-16-14(5-1)7-8-15-13-18(10-3-4-11-18)12-9-17(15)16/h3-4,10-11,14-17H,1-2,5-9,12-13H2. The van der Waals surface area contributed by atoms with E-state index in [1.165, 1.54) is 38.5 Å². The Morgan fingerprint density at radius 2 is 1.44 bits per heavy atom. The number of hydrogen-bond acceptors (Lipinski definition) is 0. The maximum atomic E-state index is 2.50. The van der Waals surface area contributed by atoms with Crippen LogP contribution in [0.5, 0.6) is 0 Å². The van der Waals surface area contributed by atoms with Crippen molar-refractivity contribution < 1.29 is 0 Å². The van der Waals surface area contributed by atoms with E-state index in [-0.39, 0.29) is 0 Å². The fraction of sp³-hybridized carbons (Fsp3) is 0.778. The van der Waals surface area contributed by atoms with Gasteiger partial charge in [0.15, 0.2) is 0 Å². The molecule has 0 N–H and O–H groups in total. The third-order valence-electron chi connectivity index (χ3n) is 6.58. The van der Waals surface area contributed by atoms with Gasteiger partial charge in [0.05, 0.1) is 0 Å². The normalized spacial score (nSPS) is 44.9. The summed E-state index contributed by atoms with van der Waals surface area (Å²) in [5, 5.41) is 0. The quantitative estimate of drug-likeness (QED) is 0.553. The molecule has 98 valence electrons. The fourth-order valence-corrected chi connectivity index (χ4v) is 5.73. The summed E-state index contributed by atoms with van der Waals surface area (Å²) in [6.45, 7) is 0. The summed E-state index contributed by atoms with van der Waals surface area (Å²) in [5.41, 5.74) is 0.489. The SMILES string of the molecule is C1=CC2(C=C1)CCC1C(CCC3CCCCC31)C2. The lowest BCUT2D eigenvalue weighted by Gasteiger charge is -2.51. The van der Waals surface area contributed by atoms with Gasteiger partial charge in [0.25, 0.3) is 0 Å². The Morgan fingerprint density at radius 3 is 2.33 bits per heavy atom. The van der Waals surface area contributed by atoms with Gasteiger partial charge in [-0.15, -0.1) is 0 Å². The summed E-state index contributed by atoms with van der Waals surface area (Å²) in [6, 6.07) is 0. The van der Waals surface area contributed by atoms with Crippen LogP contribution in [0.3, 0.4) is 0 Å². The summed E-state index contributed by atoms with van der Waals surface area (Å²) in [6.07, 6.45) is 23.2. The largest absolute Gasteiger partial charge is 0.0745 e. The Morgan fingerprint density at radius 1 is 0.722 bits per heavy atom. The first-order valence-electron chi connectivity index (χ1n) is 8.23. The molecule has 18 heavy (non-hydrogen) atoms. The van der Waals surface area contributed by atoms with Crippen molar-refractivity contribution in [3.8, 4) is 0 Å². The number of allylic oxidation sites excluding steroid dienone is 4. The number of fused-ring (bicyclic) bond motifs is 3. The second-order valence-corrected chi connectivity index (χ2v) is 7.40. The first-order valence-corrected chi connectivity index (χ1v) is 8.23. The molecule has 0 aromatic rings. The summed E-state index contributed by atoms with van der Waals surface area (Å²) < 4.78 is 0. The van der Waals surface area contributed by atoms with Gasteiger partial charge in [-0.1, -0.05) is 43.6 Å². The molecule has 4 aliphatic carbocycles. The van der Waals surface area contributed by atoms with Crippen molar-refractivity contribution in [1.82, 2.24) is 0 Å². The van der Waals surface area contributed by atoms with Crippen LogP contribution >= 0.6 is 0 Å². The zero-order valence-corrected chi connectivity index (χ0v) is 11.5. The Hall–Kier alpha value is -0.520. The van der Waals surface area contributed by atoms with Crippen LogP contribution in [0.1, 0.15) is 57.8 Å². The van der Waals surface area contributed by atoms with E-state index in [2.05, 4.69) is 24.3 Å². The predicted molar refractivity (Wildman–Crippen MR) is 76.2 cm³/mol. The minimum atomic E-state index is 0.489. The third kappa shape index (κ3) is 1.72. The number of hydrogen-bond donors (Lipinski definition) is 0. The van der Waals surface area contributed by atoms with Gasteiger partial charge in [0.2, 0.25) is 0 Å². The molecule has 1 spiro atoms. The van der Waals surface area contributed by atoms with Gasteiger partial charge < -0.3 is 0 Å². The maximum Gasteiger partial charge on any atom is 0.00700 e. The van der Waals surface area contributed by atoms with Gasteiger partial charge >= 0.3 is 0 Å². The molecule has 0 aromatic carbocycles. The molecule has 0 bridgehead atoms. The van der Waals surface area contributed by atoms with Crippen LogP contribution in [-0.2, 0) is 0 Å². The van der Waals surface area contributed by atoms with Gasteiger partial charge in [-0.3, -0.25) is 0 Å². The molecular formula is C18H26. The van der Waals surface area contributed by atoms with Crippen LogP contribution < -0.4 is 0 Å². The van der Waals surface area contributed by atoms with E-state index in [9.17, 15) is 0 Å². The van der Waals surface area contributed by atoms with Crippen LogP contribution in [0.25, 0.3) is 0 Å². The lowest BCUT2D eigenvalue weighted by Crippen LogP contribution is -2.42. The van der Waals surface area contributed by atoms with Crippen molar-refractivity contribution in [3.63, 3.8) is 0 Å². The predicted octanol–water partition coefficient (Wildman–Crippen LogP) is 5.12. The fourth-order valence-electron chi connectivity index (χ4n) is 5.73. The first kappa shape index (κ1) is 11.3. The molecule has 0 heteroatoms. The Kier molecular flexibility index (Phi) is 2.67. The number of rotatable bonds is 0. The van der Waals surface area contributed by atoms with Gasteiger partial charge in [0.1, 0.15) is 0 Å². The minimum absolute atomic E-state index is 0.489. The van der Waals surface area contributed by atoms with Crippen molar-refractivity contribution in [3.05, 3.63) is 24.3 Å². The van der Waals surface area contributed by atoms with Crippen LogP contribution in [0, 0.1) is 29.1 Å². The Bertz CT molecular complexity index is 363. The van der Waals surface area contributed by atoms with Crippen LogP contribution in [0.15, 0.2) is 24.3 Å². The summed E-state index contributed by atoms with van der Waals surface area (Å²) in [4.78, 5) is 0. The molecule has 0 radical (unpaired) electrons. The lowest BCUT2D eigenvalue weighted by molar-refractivity contribution is 0.00569. The highest BCUT2D eigenvalue weighted by molar-refractivity contribution is 5.26. The third-order valence-corrected chi connectivity index (χ3v) is 6.58. The highest BCUT2D eigenvalue weighted by Crippen LogP contribution is 2.56. The van der Waals surface area contributed by atoms with Gasteiger partial charge in [-0.25, -0.2) is 0 Å². The van der Waals surface area contributed by atoms with Gasteiger partial charge in [-0.2, -0.15) is 0 Å². The Balaban J connectivity index is 1.53. The second-order valence-electron chi connectivity index (χ2n) is 7.40. The van der Waals surface area contributed by atoms with Crippen LogP contribution in [0.4, 0.5) is 0 Å². The molecule has 4 rings (SSSR count). The van der Waals surface area contributed by atoms with Gasteiger partial charge in [0, 0.05) is 5.41 Å². The minimum Gasteiger partial charge on any atom is -0.0745 e. The first-order chi connectivity index (χ1) is 8.86. The van der Waals surface area contributed by atoms with Crippen molar-refractivity contribution in [2.75, 3.05) is 0 Å². The van der Waals surface area contributed by atoms with E-state index in [4.69, 9.17) is 0 Å². The van der Waals surface area contributed by atoms with E-state index in [0.29, 0.717) is 5.41 Å². The highest BCUT2D eigenvalue weighted by atomic mass is 14.5. The summed E-state index contributed by atoms with van der Waals surface area (Å²) in [7, 11) is 0. The van der Waals surface area contributed by atoms with Gasteiger partial charge in [-0.05, 0) is 62.2 Å². The molecule has 4 unspecified atom stereocenters. The molecule has 0 aromatic heterocycles. The zero-order valence-electron chi connectivity index (χ0n) is 11.5. The van der Waals surface area contributed by atoms with Crippen molar-refractivity contribution in [2.24, 2.45) is 29.1 Å². The summed E-state index contributed by atoms with van der Waals surface area (Å²) in [5.74, 6) is 4.37. The molecule has 4 atom stereocenters. The van der Waals surface area contributed by atoms with Crippen LogP contribution in [-0.4, -0.2) is 0 Å². The van der Waals surface area contributed by atoms with Crippen molar-refractivity contribution >= 4 is 0 Å². The molecule has 0 saturated heterocycles. The molecular weight excluding hydrogens is 216 g/mol. The monoisotopic (exact) mass is 242 g/mol. The van der Waals surface area contributed by atoms with Crippen molar-refractivity contribution in [2.45, 2.75) is 57.8 Å².